The molecule has 0 atom stereocenters. The number of thiocyanates is 1. The Morgan fingerprint density at radius 1 is 1.06 bits per heavy atom. The molecule has 0 heterocycles. The highest BCUT2D eigenvalue weighted by atomic mass is 32.2. The Kier molecular flexibility index (Phi) is 4.87. The predicted octanol–water partition coefficient (Wildman–Crippen LogP) is 5.26. The second-order valence-electron chi connectivity index (χ2n) is 6.92. The number of hydrogen-bond donors (Lipinski definition) is 0. The summed E-state index contributed by atoms with van der Waals surface area (Å²) in [6.07, 6.45) is 2.29. The Hall–Kier alpha value is -0.940. The van der Waals surface area contributed by atoms with Crippen LogP contribution in [-0.2, 0) is 6.42 Å². The fourth-order valence-corrected chi connectivity index (χ4v) is 3.16. The molecule has 98 valence electrons. The molecule has 0 radical (unpaired) electrons. The first-order chi connectivity index (χ1) is 8.22. The van der Waals surface area contributed by atoms with Crippen molar-refractivity contribution >= 4 is 11.8 Å². The van der Waals surface area contributed by atoms with E-state index in [0.29, 0.717) is 10.8 Å². The molecule has 0 aliphatic heterocycles. The molecule has 0 saturated heterocycles. The molecule has 0 spiro atoms. The van der Waals surface area contributed by atoms with Crippen molar-refractivity contribution in [3.05, 3.63) is 29.8 Å². The molecule has 0 unspecified atom stereocenters. The van der Waals surface area contributed by atoms with E-state index >= 15 is 0 Å². The molecule has 1 rings (SSSR count). The van der Waals surface area contributed by atoms with Crippen molar-refractivity contribution in [2.24, 2.45) is 10.8 Å². The van der Waals surface area contributed by atoms with Crippen LogP contribution in [0.1, 0.15) is 46.6 Å². The Bertz CT molecular complexity index is 418. The first-order valence-electron chi connectivity index (χ1n) is 6.37. The topological polar surface area (TPSA) is 23.8 Å². The van der Waals surface area contributed by atoms with Gasteiger partial charge in [-0.2, -0.15) is 5.26 Å². The van der Waals surface area contributed by atoms with Crippen LogP contribution < -0.4 is 0 Å². The summed E-state index contributed by atoms with van der Waals surface area (Å²) in [4.78, 5) is 1.02. The molecule has 0 saturated carbocycles. The lowest BCUT2D eigenvalue weighted by Gasteiger charge is -2.32. The van der Waals surface area contributed by atoms with E-state index in [0.717, 1.165) is 11.3 Å². The van der Waals surface area contributed by atoms with Crippen LogP contribution in [-0.4, -0.2) is 0 Å². The predicted molar refractivity (Wildman–Crippen MR) is 79.5 cm³/mol. The minimum Gasteiger partial charge on any atom is -0.185 e. The molecule has 0 aromatic heterocycles. The number of rotatable bonds is 4. The number of benzene rings is 1. The molecule has 1 nitrogen and oxygen atoms in total. The van der Waals surface area contributed by atoms with Crippen molar-refractivity contribution in [2.45, 2.75) is 52.4 Å². The third-order valence-electron chi connectivity index (χ3n) is 2.78. The molecule has 0 amide bonds. The number of thioether (sulfide) groups is 1. The first kappa shape index (κ1) is 15.1. The molecule has 1 aromatic rings. The Labute approximate surface area is 116 Å². The minimum atomic E-state index is 0.308. The van der Waals surface area contributed by atoms with Gasteiger partial charge in [0.2, 0.25) is 0 Å². The van der Waals surface area contributed by atoms with E-state index in [9.17, 15) is 0 Å². The summed E-state index contributed by atoms with van der Waals surface area (Å²) in [5.41, 5.74) is 2.02. The van der Waals surface area contributed by atoms with E-state index in [4.69, 9.17) is 5.26 Å². The molecule has 0 fully saturated rings. The average molecular weight is 261 g/mol. The number of nitrogens with zero attached hydrogens (tertiary/aromatic N) is 1. The summed E-state index contributed by atoms with van der Waals surface area (Å²) >= 11 is 1.22. The second-order valence-corrected chi connectivity index (χ2v) is 7.77. The zero-order chi connectivity index (χ0) is 13.8. The van der Waals surface area contributed by atoms with Crippen LogP contribution in [0.15, 0.2) is 29.2 Å². The quantitative estimate of drug-likeness (QED) is 0.545. The highest BCUT2D eigenvalue weighted by Crippen LogP contribution is 2.36. The molecule has 0 aliphatic rings. The van der Waals surface area contributed by atoms with Gasteiger partial charge in [0.25, 0.3) is 0 Å². The van der Waals surface area contributed by atoms with Crippen LogP contribution in [0.5, 0.6) is 0 Å². The lowest BCUT2D eigenvalue weighted by atomic mass is 9.73. The molecule has 0 aliphatic carbocycles. The van der Waals surface area contributed by atoms with Gasteiger partial charge in [-0.25, -0.2) is 0 Å². The summed E-state index contributed by atoms with van der Waals surface area (Å²) in [5.74, 6) is 0. The van der Waals surface area contributed by atoms with Gasteiger partial charge in [-0.3, -0.25) is 0 Å². The SMILES string of the molecule is CC(C)(C)CC(C)(C)Cc1ccc(SC#N)cc1. The van der Waals surface area contributed by atoms with Crippen molar-refractivity contribution in [2.75, 3.05) is 0 Å². The monoisotopic (exact) mass is 261 g/mol. The third-order valence-corrected chi connectivity index (χ3v) is 3.38. The van der Waals surface area contributed by atoms with Crippen molar-refractivity contribution in [1.29, 1.82) is 5.26 Å². The lowest BCUT2D eigenvalue weighted by molar-refractivity contribution is 0.211. The van der Waals surface area contributed by atoms with Gasteiger partial charge in [0.1, 0.15) is 5.40 Å². The van der Waals surface area contributed by atoms with E-state index in [2.05, 4.69) is 52.2 Å². The molecule has 18 heavy (non-hydrogen) atoms. The van der Waals surface area contributed by atoms with E-state index in [-0.39, 0.29) is 0 Å². The third kappa shape index (κ3) is 5.60. The van der Waals surface area contributed by atoms with E-state index < -0.39 is 0 Å². The van der Waals surface area contributed by atoms with Gasteiger partial charge in [-0.15, -0.1) is 0 Å². The van der Waals surface area contributed by atoms with Crippen molar-refractivity contribution in [3.63, 3.8) is 0 Å². The van der Waals surface area contributed by atoms with Gasteiger partial charge in [0, 0.05) is 4.90 Å². The highest BCUT2D eigenvalue weighted by Gasteiger charge is 2.25. The van der Waals surface area contributed by atoms with Crippen molar-refractivity contribution < 1.29 is 0 Å². The van der Waals surface area contributed by atoms with Crippen LogP contribution in [0.2, 0.25) is 0 Å². The van der Waals surface area contributed by atoms with E-state index in [1.165, 1.54) is 23.7 Å². The van der Waals surface area contributed by atoms with Crippen LogP contribution in [0.4, 0.5) is 0 Å². The minimum absolute atomic E-state index is 0.308. The van der Waals surface area contributed by atoms with E-state index in [1.54, 1.807) is 0 Å². The van der Waals surface area contributed by atoms with Gasteiger partial charge in [0.05, 0.1) is 0 Å². The standard InChI is InChI=1S/C16H23NS/c1-15(2,3)11-16(4,5)10-13-6-8-14(9-7-13)18-12-17/h6-9H,10-11H2,1-5H3. The largest absolute Gasteiger partial charge is 0.185 e. The fraction of sp³-hybridized carbons (Fsp3) is 0.562. The summed E-state index contributed by atoms with van der Waals surface area (Å²) in [5, 5.41) is 10.7. The smallest absolute Gasteiger partial charge is 0.138 e. The maximum atomic E-state index is 8.62. The second kappa shape index (κ2) is 5.80. The Morgan fingerprint density at radius 3 is 2.06 bits per heavy atom. The molecule has 0 N–H and O–H groups in total. The van der Waals surface area contributed by atoms with E-state index in [1.807, 2.05) is 12.1 Å². The summed E-state index contributed by atoms with van der Waals surface area (Å²) in [6, 6.07) is 8.36. The van der Waals surface area contributed by atoms with Crippen molar-refractivity contribution in [3.8, 4) is 5.40 Å². The molecule has 1 aromatic carbocycles. The number of nitriles is 1. The van der Waals surface area contributed by atoms with Crippen molar-refractivity contribution in [1.82, 2.24) is 0 Å². The molecular formula is C16H23NS. The maximum absolute atomic E-state index is 8.62. The Balaban J connectivity index is 2.69. The maximum Gasteiger partial charge on any atom is 0.138 e. The fourth-order valence-electron chi connectivity index (χ4n) is 2.78. The van der Waals surface area contributed by atoms with Gasteiger partial charge in [-0.1, -0.05) is 46.8 Å². The van der Waals surface area contributed by atoms with Crippen LogP contribution in [0, 0.1) is 21.5 Å². The molecule has 0 bridgehead atoms. The Morgan fingerprint density at radius 2 is 1.61 bits per heavy atom. The summed E-state index contributed by atoms with van der Waals surface area (Å²) in [6.45, 7) is 11.5. The van der Waals surface area contributed by atoms with Crippen LogP contribution in [0.25, 0.3) is 0 Å². The highest BCUT2D eigenvalue weighted by molar-refractivity contribution is 8.03. The number of hydrogen-bond acceptors (Lipinski definition) is 2. The zero-order valence-corrected chi connectivity index (χ0v) is 12.9. The normalized spacial score (nSPS) is 12.2. The lowest BCUT2D eigenvalue weighted by Crippen LogP contribution is -2.22. The van der Waals surface area contributed by atoms with Gasteiger partial charge < -0.3 is 0 Å². The van der Waals surface area contributed by atoms with Gasteiger partial charge in [0.15, 0.2) is 0 Å². The summed E-state index contributed by atoms with van der Waals surface area (Å²) < 4.78 is 0. The molecular weight excluding hydrogens is 238 g/mol. The average Bonchev–Trinajstić information content (AvgIpc) is 2.17. The van der Waals surface area contributed by atoms with Crippen LogP contribution in [0.3, 0.4) is 0 Å². The first-order valence-corrected chi connectivity index (χ1v) is 7.18. The summed E-state index contributed by atoms with van der Waals surface area (Å²) in [7, 11) is 0. The van der Waals surface area contributed by atoms with Gasteiger partial charge >= 0.3 is 0 Å². The van der Waals surface area contributed by atoms with Gasteiger partial charge in [-0.05, 0) is 53.1 Å². The van der Waals surface area contributed by atoms with Crippen LogP contribution >= 0.6 is 11.8 Å². The molecule has 2 heteroatoms. The zero-order valence-electron chi connectivity index (χ0n) is 12.1.